The van der Waals surface area contributed by atoms with Crippen LogP contribution in [0, 0.1) is 11.8 Å². The molecule has 0 amide bonds. The largest absolute Gasteiger partial charge is 0.479 e. The maximum absolute atomic E-state index is 9.77. The number of aliphatic hydroxyl groups is 2. The standard InChI is InChI=1S/C16H25ClN2.C4H6O6/c1-13(2)10-19(11-14-7-8-18-9-14)12-15-5-3-4-6-16(15)17;5-1(3(7)8)2(6)4(9)10/h3-6,13-14,18H,7-12H2,1-2H3;1-2,5-6H,(H,7,8)(H,9,10)/t14-;1-,2-/m01/s1. The SMILES string of the molecule is CC(C)CN(Cc1ccccc1Cl)C[C@H]1CCNC1.O=C(O)[C@H](O)[C@@H](O)C(=O)O. The van der Waals surface area contributed by atoms with Crippen LogP contribution < -0.4 is 5.32 Å². The van der Waals surface area contributed by atoms with E-state index in [2.05, 4.69) is 36.2 Å². The molecule has 8 nitrogen and oxygen atoms in total. The number of halogens is 1. The molecule has 2 rings (SSSR count). The van der Waals surface area contributed by atoms with E-state index in [4.69, 9.17) is 32.0 Å². The zero-order chi connectivity index (χ0) is 22.0. The molecule has 0 aliphatic carbocycles. The van der Waals surface area contributed by atoms with E-state index in [1.165, 1.54) is 25.1 Å². The van der Waals surface area contributed by atoms with E-state index in [0.29, 0.717) is 5.92 Å². The minimum absolute atomic E-state index is 0.692. The summed E-state index contributed by atoms with van der Waals surface area (Å²) in [7, 11) is 0. The molecule has 0 saturated carbocycles. The molecule has 1 aromatic rings. The number of carboxylic acid groups (broad SMARTS) is 2. The summed E-state index contributed by atoms with van der Waals surface area (Å²) >= 11 is 6.28. The summed E-state index contributed by atoms with van der Waals surface area (Å²) in [6.45, 7) is 10.2. The first-order chi connectivity index (χ1) is 13.6. The first-order valence-corrected chi connectivity index (χ1v) is 9.97. The van der Waals surface area contributed by atoms with E-state index < -0.39 is 24.1 Å². The highest BCUT2D eigenvalue weighted by Gasteiger charge is 2.29. The highest BCUT2D eigenvalue weighted by atomic mass is 35.5. The summed E-state index contributed by atoms with van der Waals surface area (Å²) in [6, 6.07) is 8.20. The van der Waals surface area contributed by atoms with Crippen LogP contribution in [0.5, 0.6) is 0 Å². The molecule has 1 aliphatic heterocycles. The predicted molar refractivity (Wildman–Crippen MR) is 110 cm³/mol. The van der Waals surface area contributed by atoms with Crippen molar-refractivity contribution in [3.05, 3.63) is 34.9 Å². The van der Waals surface area contributed by atoms with Crippen LogP contribution in [0.4, 0.5) is 0 Å². The van der Waals surface area contributed by atoms with Crippen LogP contribution in [-0.2, 0) is 16.1 Å². The molecule has 9 heteroatoms. The van der Waals surface area contributed by atoms with Crippen molar-refractivity contribution in [2.24, 2.45) is 11.8 Å². The summed E-state index contributed by atoms with van der Waals surface area (Å²) in [6.07, 6.45) is -3.23. The van der Waals surface area contributed by atoms with E-state index in [9.17, 15) is 9.59 Å². The van der Waals surface area contributed by atoms with Crippen LogP contribution in [0.3, 0.4) is 0 Å². The first-order valence-electron chi connectivity index (χ1n) is 9.60. The first kappa shape index (κ1) is 25.3. The maximum atomic E-state index is 9.77. The quantitative estimate of drug-likeness (QED) is 0.396. The molecule has 0 spiro atoms. The second-order valence-corrected chi connectivity index (χ2v) is 8.01. The van der Waals surface area contributed by atoms with Crippen LogP contribution in [-0.4, -0.2) is 75.7 Å². The molecule has 0 bridgehead atoms. The molecule has 0 radical (unpaired) electrons. The van der Waals surface area contributed by atoms with Gasteiger partial charge in [0.15, 0.2) is 12.2 Å². The number of hydrogen-bond donors (Lipinski definition) is 5. The Morgan fingerprint density at radius 2 is 1.76 bits per heavy atom. The average Bonchev–Trinajstić information content (AvgIpc) is 3.15. The molecule has 1 saturated heterocycles. The zero-order valence-corrected chi connectivity index (χ0v) is 17.5. The highest BCUT2D eigenvalue weighted by molar-refractivity contribution is 6.31. The Morgan fingerprint density at radius 3 is 2.21 bits per heavy atom. The molecule has 1 aromatic carbocycles. The van der Waals surface area contributed by atoms with E-state index in [-0.39, 0.29) is 0 Å². The normalized spacial score (nSPS) is 18.2. The van der Waals surface area contributed by atoms with Crippen molar-refractivity contribution in [3.63, 3.8) is 0 Å². The van der Waals surface area contributed by atoms with Gasteiger partial charge in [0.25, 0.3) is 0 Å². The second-order valence-electron chi connectivity index (χ2n) is 7.60. The molecule has 164 valence electrons. The maximum Gasteiger partial charge on any atom is 0.335 e. The van der Waals surface area contributed by atoms with Crippen molar-refractivity contribution in [3.8, 4) is 0 Å². The van der Waals surface area contributed by atoms with Gasteiger partial charge >= 0.3 is 11.9 Å². The molecule has 5 N–H and O–H groups in total. The van der Waals surface area contributed by atoms with Gasteiger partial charge in [0.1, 0.15) is 0 Å². The van der Waals surface area contributed by atoms with Gasteiger partial charge in [-0.15, -0.1) is 0 Å². The lowest BCUT2D eigenvalue weighted by molar-refractivity contribution is -0.165. The molecular formula is C20H31ClN2O6. The highest BCUT2D eigenvalue weighted by Crippen LogP contribution is 2.19. The number of carbonyl (C=O) groups is 2. The van der Waals surface area contributed by atoms with Crippen molar-refractivity contribution >= 4 is 23.5 Å². The third kappa shape index (κ3) is 9.56. The van der Waals surface area contributed by atoms with E-state index in [1.807, 2.05) is 12.1 Å². The van der Waals surface area contributed by atoms with Crippen LogP contribution in [0.1, 0.15) is 25.8 Å². The van der Waals surface area contributed by atoms with Gasteiger partial charge in [0.05, 0.1) is 0 Å². The van der Waals surface area contributed by atoms with Crippen molar-refractivity contribution in [1.82, 2.24) is 10.2 Å². The summed E-state index contributed by atoms with van der Waals surface area (Å²) in [5.41, 5.74) is 1.25. The number of aliphatic carboxylic acids is 2. The van der Waals surface area contributed by atoms with Crippen LogP contribution in [0.2, 0.25) is 5.02 Å². The summed E-state index contributed by atoms with van der Waals surface area (Å²) < 4.78 is 0. The number of aliphatic hydroxyl groups excluding tert-OH is 2. The average molecular weight is 431 g/mol. The van der Waals surface area contributed by atoms with Gasteiger partial charge < -0.3 is 25.7 Å². The van der Waals surface area contributed by atoms with Gasteiger partial charge in [-0.25, -0.2) is 9.59 Å². The van der Waals surface area contributed by atoms with Crippen molar-refractivity contribution < 1.29 is 30.0 Å². The third-order valence-electron chi connectivity index (χ3n) is 4.46. The molecule has 0 aromatic heterocycles. The molecule has 1 heterocycles. The number of rotatable bonds is 9. The Labute approximate surface area is 176 Å². The zero-order valence-electron chi connectivity index (χ0n) is 16.8. The summed E-state index contributed by atoms with van der Waals surface area (Å²) in [5.74, 6) is -2.05. The second kappa shape index (κ2) is 12.8. The minimum atomic E-state index is -2.27. The lowest BCUT2D eigenvalue weighted by Crippen LogP contribution is -2.39. The lowest BCUT2D eigenvalue weighted by Gasteiger charge is -2.27. The van der Waals surface area contributed by atoms with E-state index in [1.54, 1.807) is 0 Å². The Morgan fingerprint density at radius 1 is 1.17 bits per heavy atom. The molecule has 1 aliphatic rings. The van der Waals surface area contributed by atoms with Gasteiger partial charge in [-0.1, -0.05) is 43.6 Å². The summed E-state index contributed by atoms with van der Waals surface area (Å²) in [5, 5.41) is 36.9. The third-order valence-corrected chi connectivity index (χ3v) is 4.83. The summed E-state index contributed by atoms with van der Waals surface area (Å²) in [4.78, 5) is 22.1. The van der Waals surface area contributed by atoms with Gasteiger partial charge in [-0.05, 0) is 43.0 Å². The van der Waals surface area contributed by atoms with Crippen molar-refractivity contribution in [2.75, 3.05) is 26.2 Å². The van der Waals surface area contributed by atoms with Gasteiger partial charge in [0.2, 0.25) is 0 Å². The van der Waals surface area contributed by atoms with Gasteiger partial charge in [0, 0.05) is 24.7 Å². The Hall–Kier alpha value is -1.71. The van der Waals surface area contributed by atoms with E-state index in [0.717, 1.165) is 30.6 Å². The van der Waals surface area contributed by atoms with Gasteiger partial charge in [-0.2, -0.15) is 0 Å². The fourth-order valence-electron chi connectivity index (χ4n) is 3.09. The number of carboxylic acids is 2. The number of nitrogens with one attached hydrogen (secondary N) is 1. The number of nitrogens with zero attached hydrogens (tertiary/aromatic N) is 1. The Bertz CT molecular complexity index is 634. The minimum Gasteiger partial charge on any atom is -0.479 e. The van der Waals surface area contributed by atoms with Gasteiger partial charge in [-0.3, -0.25) is 4.90 Å². The van der Waals surface area contributed by atoms with Crippen molar-refractivity contribution in [1.29, 1.82) is 0 Å². The lowest BCUT2D eigenvalue weighted by atomic mass is 10.1. The number of benzene rings is 1. The topological polar surface area (TPSA) is 130 Å². The molecular weight excluding hydrogens is 400 g/mol. The fourth-order valence-corrected chi connectivity index (χ4v) is 3.29. The van der Waals surface area contributed by atoms with Crippen LogP contribution in [0.15, 0.2) is 24.3 Å². The van der Waals surface area contributed by atoms with Crippen LogP contribution in [0.25, 0.3) is 0 Å². The molecule has 3 atom stereocenters. The Balaban J connectivity index is 0.000000359. The smallest absolute Gasteiger partial charge is 0.335 e. The monoisotopic (exact) mass is 430 g/mol. The molecule has 29 heavy (non-hydrogen) atoms. The van der Waals surface area contributed by atoms with E-state index >= 15 is 0 Å². The van der Waals surface area contributed by atoms with Crippen molar-refractivity contribution in [2.45, 2.75) is 39.0 Å². The van der Waals surface area contributed by atoms with Crippen LogP contribution >= 0.6 is 11.6 Å². The Kier molecular flexibility index (Phi) is 11.2. The molecule has 1 fully saturated rings. The number of hydrogen-bond acceptors (Lipinski definition) is 6. The molecule has 0 unspecified atom stereocenters. The fraction of sp³-hybridized carbons (Fsp3) is 0.600. The predicted octanol–water partition coefficient (Wildman–Crippen LogP) is 1.28.